The molecular formula is C19H22N2O4S. The minimum absolute atomic E-state index is 0.217. The van der Waals surface area contributed by atoms with Crippen LogP contribution in [0.3, 0.4) is 0 Å². The molecule has 1 aliphatic heterocycles. The van der Waals surface area contributed by atoms with E-state index in [-0.39, 0.29) is 10.8 Å². The number of amides is 1. The van der Waals surface area contributed by atoms with Crippen molar-refractivity contribution in [1.29, 1.82) is 0 Å². The first kappa shape index (κ1) is 18.4. The zero-order valence-electron chi connectivity index (χ0n) is 14.6. The standard InChI is InChI=1S/C19H22N2O4S/c1-25-16-11-9-15(10-12-16)14-20-19(22)18-8-5-13-21(18)26(23,24)17-6-3-2-4-7-17/h2-4,6-7,9-12,18H,5,8,13-14H2,1H3,(H,20,22)/t18-/m0/s1. The Morgan fingerprint density at radius 2 is 1.85 bits per heavy atom. The summed E-state index contributed by atoms with van der Waals surface area (Å²) in [6.07, 6.45) is 1.20. The van der Waals surface area contributed by atoms with Crippen molar-refractivity contribution < 1.29 is 17.9 Å². The zero-order valence-corrected chi connectivity index (χ0v) is 15.4. The van der Waals surface area contributed by atoms with Crippen molar-refractivity contribution in [3.8, 4) is 5.75 Å². The average molecular weight is 374 g/mol. The van der Waals surface area contributed by atoms with Crippen molar-refractivity contribution in [1.82, 2.24) is 9.62 Å². The summed E-state index contributed by atoms with van der Waals surface area (Å²) >= 11 is 0. The van der Waals surface area contributed by atoms with Crippen LogP contribution in [0.25, 0.3) is 0 Å². The molecule has 1 amide bonds. The van der Waals surface area contributed by atoms with Gasteiger partial charge in [0.25, 0.3) is 0 Å². The van der Waals surface area contributed by atoms with E-state index in [0.717, 1.165) is 11.3 Å². The van der Waals surface area contributed by atoms with Gasteiger partial charge < -0.3 is 10.1 Å². The van der Waals surface area contributed by atoms with Crippen molar-refractivity contribution in [2.75, 3.05) is 13.7 Å². The summed E-state index contributed by atoms with van der Waals surface area (Å²) in [4.78, 5) is 12.8. The van der Waals surface area contributed by atoms with Crippen LogP contribution in [0.15, 0.2) is 59.5 Å². The molecule has 0 spiro atoms. The van der Waals surface area contributed by atoms with Gasteiger partial charge in [-0.1, -0.05) is 30.3 Å². The van der Waals surface area contributed by atoms with Gasteiger partial charge in [0.05, 0.1) is 12.0 Å². The summed E-state index contributed by atoms with van der Waals surface area (Å²) in [5.41, 5.74) is 0.926. The lowest BCUT2D eigenvalue weighted by molar-refractivity contribution is -0.124. The van der Waals surface area contributed by atoms with Crippen LogP contribution in [0, 0.1) is 0 Å². The molecule has 1 atom stereocenters. The number of ether oxygens (including phenoxy) is 1. The number of rotatable bonds is 6. The number of nitrogens with one attached hydrogen (secondary N) is 1. The Morgan fingerprint density at radius 3 is 2.50 bits per heavy atom. The molecule has 1 saturated heterocycles. The van der Waals surface area contributed by atoms with E-state index in [1.807, 2.05) is 24.3 Å². The van der Waals surface area contributed by atoms with Gasteiger partial charge in [0.1, 0.15) is 11.8 Å². The summed E-state index contributed by atoms with van der Waals surface area (Å²) in [6.45, 7) is 0.705. The second-order valence-corrected chi connectivity index (χ2v) is 8.04. The third kappa shape index (κ3) is 3.89. The normalized spacial score (nSPS) is 17.8. The Hall–Kier alpha value is -2.38. The van der Waals surface area contributed by atoms with Crippen LogP contribution in [0.1, 0.15) is 18.4 Å². The van der Waals surface area contributed by atoms with Gasteiger partial charge in [0.15, 0.2) is 0 Å². The van der Waals surface area contributed by atoms with E-state index in [4.69, 9.17) is 4.74 Å². The molecule has 0 unspecified atom stereocenters. The molecule has 0 radical (unpaired) electrons. The molecule has 7 heteroatoms. The van der Waals surface area contributed by atoms with Gasteiger partial charge in [-0.05, 0) is 42.7 Å². The van der Waals surface area contributed by atoms with Crippen LogP contribution in [0.2, 0.25) is 0 Å². The van der Waals surface area contributed by atoms with Crippen molar-refractivity contribution >= 4 is 15.9 Å². The first-order valence-electron chi connectivity index (χ1n) is 8.50. The van der Waals surface area contributed by atoms with Crippen molar-refractivity contribution in [2.24, 2.45) is 0 Å². The van der Waals surface area contributed by atoms with E-state index >= 15 is 0 Å². The molecule has 138 valence electrons. The second-order valence-electron chi connectivity index (χ2n) is 6.15. The van der Waals surface area contributed by atoms with Gasteiger partial charge in [-0.25, -0.2) is 8.42 Å². The van der Waals surface area contributed by atoms with Gasteiger partial charge in [-0.2, -0.15) is 4.31 Å². The Kier molecular flexibility index (Phi) is 5.58. The predicted octanol–water partition coefficient (Wildman–Crippen LogP) is 2.16. The summed E-state index contributed by atoms with van der Waals surface area (Å²) in [5.74, 6) is 0.480. The summed E-state index contributed by atoms with van der Waals surface area (Å²) in [5, 5.41) is 2.85. The third-order valence-corrected chi connectivity index (χ3v) is 6.40. The highest BCUT2D eigenvalue weighted by molar-refractivity contribution is 7.89. The quantitative estimate of drug-likeness (QED) is 0.841. The van der Waals surface area contributed by atoms with E-state index in [1.54, 1.807) is 37.4 Å². The van der Waals surface area contributed by atoms with Crippen molar-refractivity contribution in [2.45, 2.75) is 30.3 Å². The largest absolute Gasteiger partial charge is 0.497 e. The van der Waals surface area contributed by atoms with Gasteiger partial charge in [-0.15, -0.1) is 0 Å². The third-order valence-electron chi connectivity index (χ3n) is 4.48. The summed E-state index contributed by atoms with van der Waals surface area (Å²) < 4.78 is 32.1. The number of hydrogen-bond donors (Lipinski definition) is 1. The van der Waals surface area contributed by atoms with Crippen LogP contribution < -0.4 is 10.1 Å². The fourth-order valence-electron chi connectivity index (χ4n) is 3.07. The van der Waals surface area contributed by atoms with Crippen molar-refractivity contribution in [3.05, 3.63) is 60.2 Å². The minimum atomic E-state index is -3.67. The highest BCUT2D eigenvalue weighted by Crippen LogP contribution is 2.26. The van der Waals surface area contributed by atoms with Gasteiger partial charge >= 0.3 is 0 Å². The molecule has 0 bridgehead atoms. The number of nitrogens with zero attached hydrogens (tertiary/aromatic N) is 1. The fraction of sp³-hybridized carbons (Fsp3) is 0.316. The second kappa shape index (κ2) is 7.88. The lowest BCUT2D eigenvalue weighted by Gasteiger charge is -2.23. The molecule has 1 fully saturated rings. The van der Waals surface area contributed by atoms with E-state index in [2.05, 4.69) is 5.32 Å². The topological polar surface area (TPSA) is 75.7 Å². The summed E-state index contributed by atoms with van der Waals surface area (Å²) in [7, 11) is -2.07. The zero-order chi connectivity index (χ0) is 18.6. The van der Waals surface area contributed by atoms with Gasteiger partial charge in [-0.3, -0.25) is 4.79 Å². The smallest absolute Gasteiger partial charge is 0.243 e. The minimum Gasteiger partial charge on any atom is -0.497 e. The van der Waals surface area contributed by atoms with Crippen LogP contribution >= 0.6 is 0 Å². The Balaban J connectivity index is 1.68. The maximum absolute atomic E-state index is 12.8. The number of benzene rings is 2. The Morgan fingerprint density at radius 1 is 1.15 bits per heavy atom. The highest BCUT2D eigenvalue weighted by Gasteiger charge is 2.39. The molecule has 1 heterocycles. The van der Waals surface area contributed by atoms with Crippen molar-refractivity contribution in [3.63, 3.8) is 0 Å². The number of carbonyl (C=O) groups is 1. The number of sulfonamides is 1. The lowest BCUT2D eigenvalue weighted by atomic mass is 10.2. The first-order chi connectivity index (χ1) is 12.5. The molecule has 2 aromatic rings. The van der Waals surface area contributed by atoms with E-state index < -0.39 is 16.1 Å². The maximum Gasteiger partial charge on any atom is 0.243 e. The van der Waals surface area contributed by atoms with E-state index in [9.17, 15) is 13.2 Å². The monoisotopic (exact) mass is 374 g/mol. The van der Waals surface area contributed by atoms with Crippen LogP contribution in [-0.4, -0.2) is 38.3 Å². The molecule has 6 nitrogen and oxygen atoms in total. The molecule has 0 aliphatic carbocycles. The number of hydrogen-bond acceptors (Lipinski definition) is 4. The van der Waals surface area contributed by atoms with Gasteiger partial charge in [0.2, 0.25) is 15.9 Å². The molecule has 0 saturated carbocycles. The van der Waals surface area contributed by atoms with Gasteiger partial charge in [0, 0.05) is 13.1 Å². The molecule has 26 heavy (non-hydrogen) atoms. The molecule has 1 aliphatic rings. The Bertz CT molecular complexity index is 851. The Labute approximate surface area is 153 Å². The number of methoxy groups -OCH3 is 1. The fourth-order valence-corrected chi connectivity index (χ4v) is 4.75. The van der Waals surface area contributed by atoms with Crippen LogP contribution in [-0.2, 0) is 21.4 Å². The molecule has 3 rings (SSSR count). The predicted molar refractivity (Wildman–Crippen MR) is 98.2 cm³/mol. The first-order valence-corrected chi connectivity index (χ1v) is 9.94. The van der Waals surface area contributed by atoms with Crippen LogP contribution in [0.4, 0.5) is 0 Å². The maximum atomic E-state index is 12.8. The average Bonchev–Trinajstić information content (AvgIpc) is 3.18. The van der Waals surface area contributed by atoms with Crippen LogP contribution in [0.5, 0.6) is 5.75 Å². The molecule has 1 N–H and O–H groups in total. The molecule has 2 aromatic carbocycles. The lowest BCUT2D eigenvalue weighted by Crippen LogP contribution is -2.45. The van der Waals surface area contributed by atoms with E-state index in [0.29, 0.717) is 25.9 Å². The molecular weight excluding hydrogens is 352 g/mol. The summed E-state index contributed by atoms with van der Waals surface area (Å²) in [6, 6.07) is 15.0. The molecule has 0 aromatic heterocycles. The SMILES string of the molecule is COc1ccc(CNC(=O)[C@@H]2CCCN2S(=O)(=O)c2ccccc2)cc1. The van der Waals surface area contributed by atoms with E-state index in [1.165, 1.54) is 4.31 Å². The number of carbonyl (C=O) groups excluding carboxylic acids is 1. The highest BCUT2D eigenvalue weighted by atomic mass is 32.2.